The topological polar surface area (TPSA) is 55.8 Å². The molecule has 0 spiro atoms. The number of hydrogen-bond donors (Lipinski definition) is 0. The first-order valence-corrected chi connectivity index (χ1v) is 12.5. The number of ether oxygens (including phenoxy) is 2. The highest BCUT2D eigenvalue weighted by Crippen LogP contribution is 2.35. The van der Waals surface area contributed by atoms with Gasteiger partial charge in [-0.3, -0.25) is 4.31 Å². The van der Waals surface area contributed by atoms with E-state index in [9.17, 15) is 8.42 Å². The van der Waals surface area contributed by atoms with Crippen molar-refractivity contribution < 1.29 is 17.9 Å². The second-order valence-corrected chi connectivity index (χ2v) is 10.7. The van der Waals surface area contributed by atoms with E-state index in [1.165, 1.54) is 11.4 Å². The molecule has 0 bridgehead atoms. The smallest absolute Gasteiger partial charge is 0.268 e. The van der Waals surface area contributed by atoms with Crippen molar-refractivity contribution in [2.75, 3.05) is 11.4 Å². The number of allylic oxidation sites excluding steroid dienone is 1. The fraction of sp³-hybridized carbons (Fsp3) is 0.214. The van der Waals surface area contributed by atoms with Crippen LogP contribution in [0, 0.1) is 0 Å². The number of benzene rings is 3. The molecule has 0 radical (unpaired) electrons. The average Bonchev–Trinajstić information content (AvgIpc) is 2.82. The molecule has 6 heteroatoms. The van der Waals surface area contributed by atoms with Crippen molar-refractivity contribution in [2.24, 2.45) is 0 Å². The van der Waals surface area contributed by atoms with Gasteiger partial charge in [-0.15, -0.1) is 0 Å². The Kier molecular flexibility index (Phi) is 6.28. The number of para-hydroxylation sites is 1. The Bertz CT molecular complexity index is 1360. The number of fused-ring (bicyclic) bond motifs is 1. The van der Waals surface area contributed by atoms with Crippen LogP contribution in [0.25, 0.3) is 11.6 Å². The zero-order valence-electron chi connectivity index (χ0n) is 19.9. The van der Waals surface area contributed by atoms with Gasteiger partial charge < -0.3 is 9.47 Å². The van der Waals surface area contributed by atoms with Crippen molar-refractivity contribution in [3.8, 4) is 11.5 Å². The predicted molar refractivity (Wildman–Crippen MR) is 138 cm³/mol. The lowest BCUT2D eigenvalue weighted by Crippen LogP contribution is -2.31. The minimum Gasteiger partial charge on any atom is -0.495 e. The molecule has 3 aromatic carbocycles. The van der Waals surface area contributed by atoms with Crippen molar-refractivity contribution in [1.82, 2.24) is 0 Å². The number of hydrogen-bond acceptors (Lipinski definition) is 4. The van der Waals surface area contributed by atoms with Crippen LogP contribution in [0.3, 0.4) is 0 Å². The van der Waals surface area contributed by atoms with E-state index in [1.807, 2.05) is 69.3 Å². The Hall–Kier alpha value is -3.51. The van der Waals surface area contributed by atoms with Gasteiger partial charge in [0.1, 0.15) is 22.0 Å². The molecule has 5 nitrogen and oxygen atoms in total. The van der Waals surface area contributed by atoms with E-state index >= 15 is 0 Å². The van der Waals surface area contributed by atoms with Gasteiger partial charge >= 0.3 is 0 Å². The van der Waals surface area contributed by atoms with Gasteiger partial charge in [0.25, 0.3) is 10.0 Å². The molecule has 0 aromatic heterocycles. The predicted octanol–water partition coefficient (Wildman–Crippen LogP) is 6.31. The lowest BCUT2D eigenvalue weighted by atomic mass is 10.0. The SMILES string of the molecule is C=C(C)c1ccc(S(=O)(=O)N(Cc2ccc3c(c2)C=CC(C)(C)O3)c2ccccc2)c(OC)c1. The Morgan fingerprint density at radius 2 is 1.79 bits per heavy atom. The number of rotatable bonds is 7. The Morgan fingerprint density at radius 1 is 1.06 bits per heavy atom. The number of anilines is 1. The summed E-state index contributed by atoms with van der Waals surface area (Å²) in [7, 11) is -2.48. The Morgan fingerprint density at radius 3 is 2.47 bits per heavy atom. The summed E-state index contributed by atoms with van der Waals surface area (Å²) >= 11 is 0. The maximum Gasteiger partial charge on any atom is 0.268 e. The molecule has 1 aliphatic rings. The zero-order chi connectivity index (χ0) is 24.5. The van der Waals surface area contributed by atoms with E-state index in [-0.39, 0.29) is 22.8 Å². The van der Waals surface area contributed by atoms with Gasteiger partial charge in [-0.25, -0.2) is 8.42 Å². The molecular weight excluding hydrogens is 446 g/mol. The van der Waals surface area contributed by atoms with Crippen molar-refractivity contribution in [1.29, 1.82) is 0 Å². The third-order valence-corrected chi connectivity index (χ3v) is 7.52. The van der Waals surface area contributed by atoms with Crippen LogP contribution in [0.1, 0.15) is 37.5 Å². The Labute approximate surface area is 202 Å². The molecule has 0 saturated heterocycles. The maximum absolute atomic E-state index is 14.0. The van der Waals surface area contributed by atoms with Crippen molar-refractivity contribution >= 4 is 27.4 Å². The number of methoxy groups -OCH3 is 1. The summed E-state index contributed by atoms with van der Waals surface area (Å²) < 4.78 is 40.8. The van der Waals surface area contributed by atoms with E-state index in [0.29, 0.717) is 5.69 Å². The Balaban J connectivity index is 1.77. The third-order valence-electron chi connectivity index (χ3n) is 5.71. The van der Waals surface area contributed by atoms with E-state index in [0.717, 1.165) is 28.0 Å². The minimum absolute atomic E-state index is 0.104. The second-order valence-electron chi connectivity index (χ2n) is 8.90. The van der Waals surface area contributed by atoms with E-state index in [4.69, 9.17) is 9.47 Å². The fourth-order valence-corrected chi connectivity index (χ4v) is 5.46. The van der Waals surface area contributed by atoms with Crippen LogP contribution in [0.15, 0.2) is 84.3 Å². The minimum atomic E-state index is -3.95. The van der Waals surface area contributed by atoms with Crippen LogP contribution in [0.2, 0.25) is 0 Å². The lowest BCUT2D eigenvalue weighted by Gasteiger charge is -2.29. The molecule has 0 atom stereocenters. The molecule has 0 amide bonds. The fourth-order valence-electron chi connectivity index (χ4n) is 3.87. The summed E-state index contributed by atoms with van der Waals surface area (Å²) in [6.07, 6.45) is 4.02. The normalized spacial score (nSPS) is 14.1. The summed E-state index contributed by atoms with van der Waals surface area (Å²) in [5.74, 6) is 1.06. The van der Waals surface area contributed by atoms with Gasteiger partial charge in [0.2, 0.25) is 0 Å². The quantitative estimate of drug-likeness (QED) is 0.402. The van der Waals surface area contributed by atoms with Gasteiger partial charge in [-0.1, -0.05) is 48.6 Å². The van der Waals surface area contributed by atoms with Crippen LogP contribution in [0.4, 0.5) is 5.69 Å². The lowest BCUT2D eigenvalue weighted by molar-refractivity contribution is 0.159. The van der Waals surface area contributed by atoms with Gasteiger partial charge in [0.05, 0.1) is 19.3 Å². The molecule has 1 aliphatic heterocycles. The summed E-state index contributed by atoms with van der Waals surface area (Å²) in [5, 5.41) is 0. The first-order valence-electron chi connectivity index (χ1n) is 11.0. The average molecular weight is 476 g/mol. The van der Waals surface area contributed by atoms with E-state index < -0.39 is 10.0 Å². The molecular formula is C28H29NO4S. The van der Waals surface area contributed by atoms with Crippen molar-refractivity contribution in [2.45, 2.75) is 37.8 Å². The monoisotopic (exact) mass is 475 g/mol. The first kappa shape index (κ1) is 23.6. The second kappa shape index (κ2) is 9.03. The summed E-state index contributed by atoms with van der Waals surface area (Å²) in [6.45, 7) is 9.96. The van der Waals surface area contributed by atoms with Crippen LogP contribution in [-0.4, -0.2) is 21.1 Å². The molecule has 0 aliphatic carbocycles. The van der Waals surface area contributed by atoms with E-state index in [1.54, 1.807) is 30.3 Å². The zero-order valence-corrected chi connectivity index (χ0v) is 20.7. The van der Waals surface area contributed by atoms with Gasteiger partial charge in [-0.2, -0.15) is 0 Å². The standard InChI is InChI=1S/C28H29NO4S/c1-20(2)22-12-14-27(26(18-22)32-5)34(30,31)29(24-9-7-6-8-10-24)19-21-11-13-25-23(17-21)15-16-28(3,4)33-25/h6-18H,1,19H2,2-5H3. The third kappa shape index (κ3) is 4.73. The largest absolute Gasteiger partial charge is 0.495 e. The summed E-state index contributed by atoms with van der Waals surface area (Å²) in [6, 6.07) is 19.9. The molecule has 0 N–H and O–H groups in total. The van der Waals surface area contributed by atoms with Crippen LogP contribution >= 0.6 is 0 Å². The molecule has 176 valence electrons. The highest BCUT2D eigenvalue weighted by atomic mass is 32.2. The molecule has 1 heterocycles. The molecule has 0 saturated carbocycles. The van der Waals surface area contributed by atoms with Gasteiger partial charge in [0, 0.05) is 5.56 Å². The van der Waals surface area contributed by atoms with Crippen molar-refractivity contribution in [3.63, 3.8) is 0 Å². The highest BCUT2D eigenvalue weighted by molar-refractivity contribution is 7.92. The summed E-state index contributed by atoms with van der Waals surface area (Å²) in [4.78, 5) is 0.104. The molecule has 4 rings (SSSR count). The van der Waals surface area contributed by atoms with Gasteiger partial charge in [-0.05, 0) is 74.4 Å². The first-order chi connectivity index (χ1) is 16.1. The molecule has 34 heavy (non-hydrogen) atoms. The van der Waals surface area contributed by atoms with E-state index in [2.05, 4.69) is 6.58 Å². The molecule has 0 unspecified atom stereocenters. The molecule has 0 fully saturated rings. The summed E-state index contributed by atoms with van der Waals surface area (Å²) in [5.41, 5.74) is 3.61. The van der Waals surface area contributed by atoms with Crippen molar-refractivity contribution in [3.05, 3.63) is 96.1 Å². The number of nitrogens with zero attached hydrogens (tertiary/aromatic N) is 1. The van der Waals surface area contributed by atoms with Crippen LogP contribution in [0.5, 0.6) is 11.5 Å². The number of sulfonamides is 1. The van der Waals surface area contributed by atoms with Gasteiger partial charge in [0.15, 0.2) is 0 Å². The molecule has 3 aromatic rings. The van der Waals surface area contributed by atoms with Crippen LogP contribution in [-0.2, 0) is 16.6 Å². The highest BCUT2D eigenvalue weighted by Gasteiger charge is 2.29. The van der Waals surface area contributed by atoms with Crippen LogP contribution < -0.4 is 13.8 Å². The maximum atomic E-state index is 14.0.